The number of Topliss-reactive ketones (excluding diaryl/α,β-unsaturated/α-hetero) is 1. The average Bonchev–Trinajstić information content (AvgIpc) is 2.46. The minimum absolute atomic E-state index is 0.250. The van der Waals surface area contributed by atoms with Crippen LogP contribution in [0, 0.1) is 0 Å². The predicted octanol–water partition coefficient (Wildman–Crippen LogP) is 2.94. The van der Waals surface area contributed by atoms with Crippen LogP contribution in [0.15, 0.2) is 48.6 Å². The van der Waals surface area contributed by atoms with Gasteiger partial charge < -0.3 is 9.47 Å². The second-order valence-corrected chi connectivity index (χ2v) is 4.06. The van der Waals surface area contributed by atoms with Gasteiger partial charge in [0, 0.05) is 11.6 Å². The summed E-state index contributed by atoms with van der Waals surface area (Å²) in [4.78, 5) is 23.5. The molecule has 20 heavy (non-hydrogen) atoms. The van der Waals surface area contributed by atoms with Crippen LogP contribution < -0.4 is 4.74 Å². The molecule has 0 amide bonds. The van der Waals surface area contributed by atoms with Gasteiger partial charge in [0.05, 0.1) is 7.11 Å². The van der Waals surface area contributed by atoms with Crippen molar-refractivity contribution >= 4 is 11.8 Å². The zero-order chi connectivity index (χ0) is 15.0. The molecule has 0 unspecified atom stereocenters. The monoisotopic (exact) mass is 274 g/mol. The van der Waals surface area contributed by atoms with Crippen LogP contribution in [0.4, 0.5) is 0 Å². The fourth-order valence-electron chi connectivity index (χ4n) is 1.50. The lowest BCUT2D eigenvalue weighted by Crippen LogP contribution is -2.23. The van der Waals surface area contributed by atoms with Crippen molar-refractivity contribution in [3.63, 3.8) is 0 Å². The lowest BCUT2D eigenvalue weighted by molar-refractivity contribution is -0.140. The van der Waals surface area contributed by atoms with E-state index >= 15 is 0 Å². The first-order valence-electron chi connectivity index (χ1n) is 6.26. The van der Waals surface area contributed by atoms with Crippen molar-refractivity contribution in [3.05, 3.63) is 54.1 Å². The van der Waals surface area contributed by atoms with Crippen LogP contribution in [0.2, 0.25) is 0 Å². The van der Waals surface area contributed by atoms with Gasteiger partial charge in [0.15, 0.2) is 6.10 Å². The number of benzene rings is 1. The van der Waals surface area contributed by atoms with E-state index in [4.69, 9.17) is 9.47 Å². The lowest BCUT2D eigenvalue weighted by Gasteiger charge is -2.11. The number of hydrogen-bond acceptors (Lipinski definition) is 4. The Bertz CT molecular complexity index is 512. The smallest absolute Gasteiger partial charge is 0.331 e. The second-order valence-electron chi connectivity index (χ2n) is 4.06. The van der Waals surface area contributed by atoms with E-state index in [0.717, 1.165) is 0 Å². The molecule has 0 fully saturated rings. The minimum Gasteiger partial charge on any atom is -0.497 e. The first kappa shape index (κ1) is 15.7. The van der Waals surface area contributed by atoms with Crippen molar-refractivity contribution in [2.45, 2.75) is 20.0 Å². The summed E-state index contributed by atoms with van der Waals surface area (Å²) in [6.07, 6.45) is 5.50. The molecule has 0 heterocycles. The molecule has 4 heteroatoms. The van der Waals surface area contributed by atoms with Crippen molar-refractivity contribution in [1.82, 2.24) is 0 Å². The van der Waals surface area contributed by atoms with Gasteiger partial charge in [0.25, 0.3) is 0 Å². The number of ketones is 1. The molecule has 0 bridgehead atoms. The normalized spacial score (nSPS) is 12.6. The van der Waals surface area contributed by atoms with Crippen LogP contribution in [0.3, 0.4) is 0 Å². The predicted molar refractivity (Wildman–Crippen MR) is 76.8 cm³/mol. The molecule has 1 aromatic rings. The number of hydrogen-bond donors (Lipinski definition) is 0. The molecule has 0 N–H and O–H groups in total. The highest BCUT2D eigenvalue weighted by Gasteiger charge is 2.18. The Morgan fingerprint density at radius 3 is 2.35 bits per heavy atom. The Balaban J connectivity index is 2.64. The number of carbonyl (C=O) groups excluding carboxylic acids is 2. The lowest BCUT2D eigenvalue weighted by atomic mass is 10.1. The van der Waals surface area contributed by atoms with Gasteiger partial charge in [0.2, 0.25) is 5.78 Å². The third-order valence-electron chi connectivity index (χ3n) is 2.57. The van der Waals surface area contributed by atoms with E-state index in [0.29, 0.717) is 11.3 Å². The second kappa shape index (κ2) is 7.94. The summed E-state index contributed by atoms with van der Waals surface area (Å²) >= 11 is 0. The Hall–Kier alpha value is -2.36. The number of carbonyl (C=O) groups is 2. The fraction of sp³-hybridized carbons (Fsp3) is 0.250. The molecule has 0 aliphatic heterocycles. The van der Waals surface area contributed by atoms with E-state index in [1.807, 2.05) is 6.92 Å². The Kier molecular flexibility index (Phi) is 6.23. The summed E-state index contributed by atoms with van der Waals surface area (Å²) in [5.74, 6) is -0.126. The molecular formula is C16H18O4. The summed E-state index contributed by atoms with van der Waals surface area (Å²) in [5.41, 5.74) is 0.475. The topological polar surface area (TPSA) is 52.6 Å². The van der Waals surface area contributed by atoms with Gasteiger partial charge in [0.1, 0.15) is 5.75 Å². The molecule has 0 radical (unpaired) electrons. The molecule has 0 saturated carbocycles. The zero-order valence-electron chi connectivity index (χ0n) is 11.8. The average molecular weight is 274 g/mol. The van der Waals surface area contributed by atoms with Crippen molar-refractivity contribution in [2.24, 2.45) is 0 Å². The van der Waals surface area contributed by atoms with E-state index in [2.05, 4.69) is 0 Å². The van der Waals surface area contributed by atoms with Gasteiger partial charge in [-0.15, -0.1) is 0 Å². The first-order chi connectivity index (χ1) is 9.58. The third kappa shape index (κ3) is 4.72. The molecule has 106 valence electrons. The maximum Gasteiger partial charge on any atom is 0.331 e. The maximum absolute atomic E-state index is 12.1. The minimum atomic E-state index is -0.828. The van der Waals surface area contributed by atoms with E-state index in [9.17, 15) is 9.59 Å². The molecular weight excluding hydrogens is 256 g/mol. The van der Waals surface area contributed by atoms with Gasteiger partial charge in [-0.1, -0.05) is 18.2 Å². The van der Waals surface area contributed by atoms with Crippen molar-refractivity contribution in [2.75, 3.05) is 7.11 Å². The van der Waals surface area contributed by atoms with Crippen molar-refractivity contribution in [3.8, 4) is 5.75 Å². The van der Waals surface area contributed by atoms with E-state index in [-0.39, 0.29) is 5.78 Å². The highest BCUT2D eigenvalue weighted by atomic mass is 16.5. The van der Waals surface area contributed by atoms with E-state index < -0.39 is 12.1 Å². The largest absolute Gasteiger partial charge is 0.497 e. The molecule has 0 aliphatic carbocycles. The summed E-state index contributed by atoms with van der Waals surface area (Å²) in [6, 6.07) is 6.66. The molecule has 0 saturated heterocycles. The van der Waals surface area contributed by atoms with Gasteiger partial charge >= 0.3 is 5.97 Å². The van der Waals surface area contributed by atoms with Crippen LogP contribution in [0.25, 0.3) is 0 Å². The number of methoxy groups -OCH3 is 1. The summed E-state index contributed by atoms with van der Waals surface area (Å²) in [5, 5.41) is 0. The molecule has 0 spiro atoms. The highest BCUT2D eigenvalue weighted by molar-refractivity contribution is 6.00. The van der Waals surface area contributed by atoms with Crippen LogP contribution in [-0.2, 0) is 9.53 Å². The quantitative estimate of drug-likeness (QED) is 0.346. The third-order valence-corrected chi connectivity index (χ3v) is 2.57. The van der Waals surface area contributed by atoms with E-state index in [1.54, 1.807) is 56.5 Å². The van der Waals surface area contributed by atoms with Gasteiger partial charge in [-0.05, 0) is 38.1 Å². The zero-order valence-corrected chi connectivity index (χ0v) is 11.8. The highest BCUT2D eigenvalue weighted by Crippen LogP contribution is 2.13. The van der Waals surface area contributed by atoms with Gasteiger partial charge in [-0.25, -0.2) is 4.79 Å². The number of ether oxygens (including phenoxy) is 2. The summed E-state index contributed by atoms with van der Waals surface area (Å²) in [7, 11) is 1.55. The fourth-order valence-corrected chi connectivity index (χ4v) is 1.50. The molecule has 4 nitrogen and oxygen atoms in total. The SMILES string of the molecule is C/C=C/C=C/C(=O)O[C@@H](C)C(=O)c1ccc(OC)cc1. The van der Waals surface area contributed by atoms with Crippen LogP contribution in [-0.4, -0.2) is 25.0 Å². The standard InChI is InChI=1S/C16H18O4/c1-4-5-6-7-15(17)20-12(2)16(18)13-8-10-14(19-3)11-9-13/h4-12H,1-3H3/b5-4+,7-6+/t12-/m0/s1. The summed E-state index contributed by atoms with van der Waals surface area (Å²) < 4.78 is 10.0. The number of esters is 1. The van der Waals surface area contributed by atoms with Crippen molar-refractivity contribution < 1.29 is 19.1 Å². The molecule has 0 aliphatic rings. The molecule has 1 atom stereocenters. The number of rotatable bonds is 6. The maximum atomic E-state index is 12.1. The Morgan fingerprint density at radius 1 is 1.15 bits per heavy atom. The van der Waals surface area contributed by atoms with Crippen LogP contribution in [0.1, 0.15) is 24.2 Å². The Morgan fingerprint density at radius 2 is 1.80 bits per heavy atom. The molecule has 1 aromatic carbocycles. The van der Waals surface area contributed by atoms with Crippen LogP contribution >= 0.6 is 0 Å². The first-order valence-corrected chi connectivity index (χ1v) is 6.26. The van der Waals surface area contributed by atoms with Gasteiger partial charge in [-0.3, -0.25) is 4.79 Å². The molecule has 1 rings (SSSR count). The summed E-state index contributed by atoms with van der Waals surface area (Å²) in [6.45, 7) is 3.39. The van der Waals surface area contributed by atoms with Crippen molar-refractivity contribution in [1.29, 1.82) is 0 Å². The Labute approximate surface area is 118 Å². The number of allylic oxidation sites excluding steroid dienone is 3. The van der Waals surface area contributed by atoms with E-state index in [1.165, 1.54) is 6.08 Å². The molecule has 0 aromatic heterocycles. The van der Waals surface area contributed by atoms with Crippen LogP contribution in [0.5, 0.6) is 5.75 Å². The van der Waals surface area contributed by atoms with Gasteiger partial charge in [-0.2, -0.15) is 0 Å².